The fraction of sp³-hybridized carbons (Fsp3) is 0.500. The Kier molecular flexibility index (Phi) is 8.53. The Balaban J connectivity index is 2.31. The quantitative estimate of drug-likeness (QED) is 0.524. The van der Waals surface area contributed by atoms with E-state index < -0.39 is 0 Å². The van der Waals surface area contributed by atoms with Gasteiger partial charge in [-0.3, -0.25) is 0 Å². The first-order valence-corrected chi connectivity index (χ1v) is 6.55. The minimum Gasteiger partial charge on any atom is -0.0845 e. The van der Waals surface area contributed by atoms with Gasteiger partial charge in [-0.25, -0.2) is 0 Å². The molecule has 0 heteroatoms. The summed E-state index contributed by atoms with van der Waals surface area (Å²) in [5.41, 5.74) is 0. The van der Waals surface area contributed by atoms with Crippen LogP contribution in [0.3, 0.4) is 0 Å². The molecule has 0 spiro atoms. The molecule has 0 aliphatic heterocycles. The lowest BCUT2D eigenvalue weighted by atomic mass is 10.1. The van der Waals surface area contributed by atoms with Gasteiger partial charge in [-0.15, -0.1) is 0 Å². The molecule has 0 saturated heterocycles. The van der Waals surface area contributed by atoms with E-state index in [1.165, 1.54) is 44.9 Å². The largest absolute Gasteiger partial charge is 0.0845 e. The highest BCUT2D eigenvalue weighted by atomic mass is 14.0. The van der Waals surface area contributed by atoms with Gasteiger partial charge < -0.3 is 0 Å². The molecule has 1 radical (unpaired) electrons. The van der Waals surface area contributed by atoms with Gasteiger partial charge in [-0.2, -0.15) is 0 Å². The van der Waals surface area contributed by atoms with Crippen molar-refractivity contribution in [1.82, 2.24) is 0 Å². The van der Waals surface area contributed by atoms with E-state index in [9.17, 15) is 0 Å². The van der Waals surface area contributed by atoms with Gasteiger partial charge in [0.05, 0.1) is 0 Å². The third-order valence-electron chi connectivity index (χ3n) is 2.74. The van der Waals surface area contributed by atoms with Gasteiger partial charge in [-0.05, 0) is 31.8 Å². The van der Waals surface area contributed by atoms with Gasteiger partial charge in [0.1, 0.15) is 0 Å². The van der Waals surface area contributed by atoms with Crippen LogP contribution in [0.25, 0.3) is 0 Å². The summed E-state index contributed by atoms with van der Waals surface area (Å²) < 4.78 is 0. The first-order valence-electron chi connectivity index (χ1n) is 6.55. The fourth-order valence-corrected chi connectivity index (χ4v) is 1.77. The average molecular weight is 215 g/mol. The molecule has 1 rings (SSSR count). The van der Waals surface area contributed by atoms with E-state index in [0.29, 0.717) is 0 Å². The molecule has 0 aromatic carbocycles. The van der Waals surface area contributed by atoms with Crippen LogP contribution in [0, 0.1) is 6.08 Å². The second-order valence-corrected chi connectivity index (χ2v) is 4.23. The Labute approximate surface area is 100 Å². The van der Waals surface area contributed by atoms with E-state index in [2.05, 4.69) is 42.5 Å². The second-order valence-electron chi connectivity index (χ2n) is 4.23. The summed E-state index contributed by atoms with van der Waals surface area (Å²) in [5, 5.41) is 0. The van der Waals surface area contributed by atoms with Crippen LogP contribution in [0.5, 0.6) is 0 Å². The highest BCUT2D eigenvalue weighted by Crippen LogP contribution is 2.09. The molecule has 0 amide bonds. The van der Waals surface area contributed by atoms with Gasteiger partial charge in [0, 0.05) is 0 Å². The van der Waals surface area contributed by atoms with E-state index in [0.717, 1.165) is 6.42 Å². The van der Waals surface area contributed by atoms with E-state index in [4.69, 9.17) is 0 Å². The molecule has 87 valence electrons. The van der Waals surface area contributed by atoms with Crippen LogP contribution in [0.15, 0.2) is 42.5 Å². The summed E-state index contributed by atoms with van der Waals surface area (Å²) >= 11 is 0. The Bertz CT molecular complexity index is 225. The highest BCUT2D eigenvalue weighted by molar-refractivity contribution is 5.14. The first kappa shape index (κ1) is 13.0. The van der Waals surface area contributed by atoms with Crippen molar-refractivity contribution < 1.29 is 0 Å². The molecule has 16 heavy (non-hydrogen) atoms. The second kappa shape index (κ2) is 10.5. The molecule has 1 aliphatic rings. The molecule has 0 aromatic rings. The molecule has 0 nitrogen and oxygen atoms in total. The zero-order valence-electron chi connectivity index (χ0n) is 10.2. The van der Waals surface area contributed by atoms with Crippen molar-refractivity contribution in [2.24, 2.45) is 0 Å². The van der Waals surface area contributed by atoms with Gasteiger partial charge in [0.2, 0.25) is 0 Å². The van der Waals surface area contributed by atoms with Crippen LogP contribution in [0.4, 0.5) is 0 Å². The van der Waals surface area contributed by atoms with E-state index in [-0.39, 0.29) is 0 Å². The summed E-state index contributed by atoms with van der Waals surface area (Å²) in [6.45, 7) is 0. The lowest BCUT2D eigenvalue weighted by molar-refractivity contribution is 0.598. The van der Waals surface area contributed by atoms with E-state index in [1.54, 1.807) is 0 Å². The van der Waals surface area contributed by atoms with Gasteiger partial charge in [0.15, 0.2) is 0 Å². The predicted molar refractivity (Wildman–Crippen MR) is 72.2 cm³/mol. The molecule has 1 aliphatic carbocycles. The summed E-state index contributed by atoms with van der Waals surface area (Å²) in [5.74, 6) is 0. The third-order valence-corrected chi connectivity index (χ3v) is 2.74. The summed E-state index contributed by atoms with van der Waals surface area (Å²) in [6, 6.07) is 0. The fourth-order valence-electron chi connectivity index (χ4n) is 1.77. The topological polar surface area (TPSA) is 0 Å². The molecular formula is C16H23. The van der Waals surface area contributed by atoms with Crippen LogP contribution in [0.2, 0.25) is 0 Å². The zero-order chi connectivity index (χ0) is 11.3. The highest BCUT2D eigenvalue weighted by Gasteiger charge is 1.89. The summed E-state index contributed by atoms with van der Waals surface area (Å²) in [6.07, 6.45) is 28.5. The van der Waals surface area contributed by atoms with Gasteiger partial charge >= 0.3 is 0 Å². The minimum absolute atomic E-state index is 1.11. The molecule has 0 unspecified atom stereocenters. The predicted octanol–water partition coefficient (Wildman–Crippen LogP) is 5.15. The lowest BCUT2D eigenvalue weighted by Crippen LogP contribution is -1.79. The Morgan fingerprint density at radius 3 is 2.25 bits per heavy atom. The monoisotopic (exact) mass is 215 g/mol. The SMILES string of the molecule is [C]1=C/C=C/C=C/C=C\CCCCCCCC\1. The Hall–Kier alpha value is -1.04. The average Bonchev–Trinajstić information content (AvgIpc) is 2.29. The molecule has 0 heterocycles. The summed E-state index contributed by atoms with van der Waals surface area (Å²) in [7, 11) is 0. The van der Waals surface area contributed by atoms with Crippen molar-refractivity contribution in [3.63, 3.8) is 0 Å². The van der Waals surface area contributed by atoms with Crippen molar-refractivity contribution >= 4 is 0 Å². The minimum atomic E-state index is 1.11. The van der Waals surface area contributed by atoms with Crippen molar-refractivity contribution in [1.29, 1.82) is 0 Å². The molecule has 0 atom stereocenters. The van der Waals surface area contributed by atoms with Crippen LogP contribution in [0.1, 0.15) is 51.4 Å². The van der Waals surface area contributed by atoms with Crippen molar-refractivity contribution in [2.75, 3.05) is 0 Å². The molecule has 0 bridgehead atoms. The van der Waals surface area contributed by atoms with Gasteiger partial charge in [-0.1, -0.05) is 68.2 Å². The standard InChI is InChI=1S/C16H23/c1-2-4-6-8-10-12-14-16-15-13-11-9-7-5-3-1/h1-7H,8,10-16H2/b2-1+,5-3+,6-4-,9-7?. The molecule has 0 aromatic heterocycles. The zero-order valence-corrected chi connectivity index (χ0v) is 10.2. The van der Waals surface area contributed by atoms with Crippen LogP contribution >= 0.6 is 0 Å². The lowest BCUT2D eigenvalue weighted by Gasteiger charge is -1.99. The maximum absolute atomic E-state index is 3.30. The normalized spacial score (nSPS) is 28.0. The van der Waals surface area contributed by atoms with Crippen molar-refractivity contribution in [2.45, 2.75) is 51.4 Å². The number of hydrogen-bond donors (Lipinski definition) is 0. The van der Waals surface area contributed by atoms with Gasteiger partial charge in [0.25, 0.3) is 0 Å². The maximum atomic E-state index is 3.30. The Morgan fingerprint density at radius 1 is 0.625 bits per heavy atom. The first-order chi connectivity index (χ1) is 8.00. The Morgan fingerprint density at radius 2 is 1.31 bits per heavy atom. The molecule has 0 N–H and O–H groups in total. The van der Waals surface area contributed by atoms with E-state index in [1.807, 2.05) is 6.08 Å². The van der Waals surface area contributed by atoms with E-state index >= 15 is 0 Å². The maximum Gasteiger partial charge on any atom is -0.0276 e. The van der Waals surface area contributed by atoms with Crippen LogP contribution in [-0.2, 0) is 0 Å². The molecule has 0 fully saturated rings. The van der Waals surface area contributed by atoms with Crippen molar-refractivity contribution in [3.8, 4) is 0 Å². The molecular weight excluding hydrogens is 192 g/mol. The number of allylic oxidation sites excluding steroid dienone is 8. The molecule has 0 saturated carbocycles. The van der Waals surface area contributed by atoms with Crippen molar-refractivity contribution in [3.05, 3.63) is 48.6 Å². The van der Waals surface area contributed by atoms with Crippen LogP contribution in [-0.4, -0.2) is 0 Å². The van der Waals surface area contributed by atoms with Crippen LogP contribution < -0.4 is 0 Å². The smallest absolute Gasteiger partial charge is 0.0276 e. The summed E-state index contributed by atoms with van der Waals surface area (Å²) in [4.78, 5) is 0. The third kappa shape index (κ3) is 8.28. The number of rotatable bonds is 0. The number of hydrogen-bond acceptors (Lipinski definition) is 0.